The molecule has 0 saturated carbocycles. The van der Waals surface area contributed by atoms with E-state index in [0.29, 0.717) is 56.5 Å². The number of nitrogens with zero attached hydrogens (tertiary/aromatic N) is 2. The Balaban J connectivity index is 1.85. The van der Waals surface area contributed by atoms with Gasteiger partial charge in [-0.25, -0.2) is 0 Å². The molecule has 5 heterocycles. The molecular formula is C43H52N4O9. The largest absolute Gasteiger partial charge is 0.497 e. The van der Waals surface area contributed by atoms with E-state index in [2.05, 4.69) is 9.97 Å². The van der Waals surface area contributed by atoms with Gasteiger partial charge in [0.05, 0.1) is 49.6 Å². The van der Waals surface area contributed by atoms with Gasteiger partial charge in [-0.15, -0.1) is 0 Å². The third kappa shape index (κ3) is 6.36. The molecule has 1 aromatic carbocycles. The number of hydrogen-bond donors (Lipinski definition) is 6. The summed E-state index contributed by atoms with van der Waals surface area (Å²) in [7, 11) is 4.15. The van der Waals surface area contributed by atoms with Crippen LogP contribution in [0, 0.1) is 13.8 Å². The summed E-state index contributed by atoms with van der Waals surface area (Å²) in [5.41, 5.74) is -0.457. The zero-order valence-electron chi connectivity index (χ0n) is 33.5. The SMILES string of the molecule is CCc1c(C)c2[nH]c1cc1nc(cc3[nH]c(cc4nc(c2-c2ccc(OC)cc2)C(C)(O)C4(O)CC)c(C)c3CCC(=O)OC)C(O)(CCC(=O)OC)C1(C)O. The second kappa shape index (κ2) is 14.8. The number of methoxy groups -OCH3 is 3. The number of hydrogen-bond acceptors (Lipinski definition) is 11. The molecule has 13 heteroatoms. The highest BCUT2D eigenvalue weighted by atomic mass is 16.5. The number of aliphatic hydroxyl groups is 4. The third-order valence-electron chi connectivity index (χ3n) is 12.1. The predicted molar refractivity (Wildman–Crippen MR) is 211 cm³/mol. The summed E-state index contributed by atoms with van der Waals surface area (Å²) in [5, 5.41) is 49.9. The van der Waals surface area contributed by atoms with Gasteiger partial charge >= 0.3 is 11.9 Å². The Bertz CT molecular complexity index is 2360. The Morgan fingerprint density at radius 3 is 1.91 bits per heavy atom. The number of esters is 2. The van der Waals surface area contributed by atoms with Crippen molar-refractivity contribution in [1.82, 2.24) is 19.9 Å². The maximum Gasteiger partial charge on any atom is 0.305 e. The second-order valence-corrected chi connectivity index (χ2v) is 15.1. The number of fused-ring (bicyclic) bond motifs is 8. The fourth-order valence-electron chi connectivity index (χ4n) is 8.27. The van der Waals surface area contributed by atoms with Crippen LogP contribution in [-0.4, -0.2) is 73.6 Å². The first-order valence-electron chi connectivity index (χ1n) is 18.9. The Kier molecular flexibility index (Phi) is 10.7. The molecule has 0 amide bonds. The smallest absolute Gasteiger partial charge is 0.305 e. The number of benzene rings is 1. The van der Waals surface area contributed by atoms with Crippen molar-refractivity contribution < 1.29 is 44.2 Å². The van der Waals surface area contributed by atoms with E-state index >= 15 is 0 Å². The molecule has 0 radical (unpaired) electrons. The summed E-state index contributed by atoms with van der Waals surface area (Å²) in [5.74, 6) is -0.361. The van der Waals surface area contributed by atoms with Crippen LogP contribution in [0.3, 0.4) is 0 Å². The standard InChI is InChI=1S/C43H52N4O9/c1-10-27-24(4)38-37(25-12-14-26(54-7)15-13-25)39-41(6,51)42(52,11-2)33(47-39)20-29-23(3)28(16-17-35(48)55-8)31(44-29)22-34-43(53,19-18-36(49)56-9)40(5,50)32(46-34)21-30(27)45-38/h12-15,20-22,44-45,50-53H,10-11,16-19H2,1-9H3. The fraction of sp³-hybridized carbons (Fsp3) is 0.442. The molecular weight excluding hydrogens is 716 g/mol. The lowest BCUT2D eigenvalue weighted by Crippen LogP contribution is -2.44. The highest BCUT2D eigenvalue weighted by Gasteiger charge is 2.56. The van der Waals surface area contributed by atoms with Crippen molar-refractivity contribution in [2.75, 3.05) is 21.3 Å². The van der Waals surface area contributed by atoms with Crippen LogP contribution in [0.4, 0.5) is 0 Å². The van der Waals surface area contributed by atoms with Crippen LogP contribution in [-0.2, 0) is 54.3 Å². The minimum atomic E-state index is -2.05. The number of nitrogens with one attached hydrogen (secondary N) is 2. The van der Waals surface area contributed by atoms with Crippen LogP contribution in [0.5, 0.6) is 5.75 Å². The van der Waals surface area contributed by atoms with E-state index in [-0.39, 0.29) is 54.9 Å². The van der Waals surface area contributed by atoms with Gasteiger partial charge in [0.15, 0.2) is 0 Å². The molecule has 4 atom stereocenters. The maximum atomic E-state index is 12.5. The lowest BCUT2D eigenvalue weighted by Gasteiger charge is -2.35. The average Bonchev–Trinajstić information content (AvgIpc) is 3.77. The number of aryl methyl sites for hydroxylation is 4. The van der Waals surface area contributed by atoms with Gasteiger partial charge in [0.1, 0.15) is 28.2 Å². The molecule has 0 spiro atoms. The fourth-order valence-corrected chi connectivity index (χ4v) is 8.27. The summed E-state index contributed by atoms with van der Waals surface area (Å²) < 4.78 is 15.3. The normalized spacial score (nSPS) is 23.2. The van der Waals surface area contributed by atoms with Gasteiger partial charge in [0.2, 0.25) is 0 Å². The van der Waals surface area contributed by atoms with Crippen molar-refractivity contribution in [3.63, 3.8) is 0 Å². The summed E-state index contributed by atoms with van der Waals surface area (Å²) in [6.45, 7) is 10.6. The number of rotatable bonds is 10. The van der Waals surface area contributed by atoms with Gasteiger partial charge in [-0.3, -0.25) is 19.6 Å². The van der Waals surface area contributed by atoms with E-state index in [1.807, 2.05) is 45.0 Å². The highest BCUT2D eigenvalue weighted by Crippen LogP contribution is 2.51. The monoisotopic (exact) mass is 768 g/mol. The van der Waals surface area contributed by atoms with E-state index in [1.54, 1.807) is 39.2 Å². The minimum absolute atomic E-state index is 0.0399. The number of aromatic nitrogens is 4. The Hall–Kier alpha value is -5.08. The van der Waals surface area contributed by atoms with E-state index in [1.165, 1.54) is 21.1 Å². The quantitative estimate of drug-likeness (QED) is 0.106. The lowest BCUT2D eigenvalue weighted by molar-refractivity contribution is -0.160. The van der Waals surface area contributed by atoms with Crippen LogP contribution >= 0.6 is 0 Å². The molecule has 298 valence electrons. The van der Waals surface area contributed by atoms with Gasteiger partial charge in [-0.2, -0.15) is 0 Å². The first-order chi connectivity index (χ1) is 26.4. The summed E-state index contributed by atoms with van der Waals surface area (Å²) in [4.78, 5) is 41.7. The van der Waals surface area contributed by atoms with Gasteiger partial charge < -0.3 is 44.6 Å². The van der Waals surface area contributed by atoms with E-state index < -0.39 is 34.3 Å². The topological polar surface area (TPSA) is 200 Å². The minimum Gasteiger partial charge on any atom is -0.497 e. The van der Waals surface area contributed by atoms with Crippen LogP contribution in [0.15, 0.2) is 42.5 Å². The number of ether oxygens (including phenoxy) is 3. The molecule has 13 nitrogen and oxygen atoms in total. The first-order valence-corrected chi connectivity index (χ1v) is 18.9. The van der Waals surface area contributed by atoms with Gasteiger partial charge in [-0.1, -0.05) is 26.0 Å². The first kappa shape index (κ1) is 40.6. The summed E-state index contributed by atoms with van der Waals surface area (Å²) in [6.07, 6.45) is 0.535. The molecule has 0 aliphatic carbocycles. The second-order valence-electron chi connectivity index (χ2n) is 15.1. The van der Waals surface area contributed by atoms with Crippen molar-refractivity contribution in [2.24, 2.45) is 0 Å². The summed E-state index contributed by atoms with van der Waals surface area (Å²) in [6, 6.07) is 12.4. The zero-order valence-corrected chi connectivity index (χ0v) is 33.5. The van der Waals surface area contributed by atoms with Gasteiger partial charge in [0, 0.05) is 35.0 Å². The molecule has 6 rings (SSSR count). The van der Waals surface area contributed by atoms with E-state index in [9.17, 15) is 30.0 Å². The van der Waals surface area contributed by atoms with E-state index in [0.717, 1.165) is 11.1 Å². The average molecular weight is 769 g/mol. The molecule has 4 aromatic rings. The van der Waals surface area contributed by atoms with Crippen LogP contribution < -0.4 is 4.74 Å². The molecule has 2 aliphatic heterocycles. The lowest BCUT2D eigenvalue weighted by atomic mass is 9.78. The van der Waals surface area contributed by atoms with Crippen molar-refractivity contribution in [3.8, 4) is 16.9 Å². The molecule has 8 bridgehead atoms. The third-order valence-corrected chi connectivity index (χ3v) is 12.1. The Morgan fingerprint density at radius 1 is 0.714 bits per heavy atom. The molecule has 56 heavy (non-hydrogen) atoms. The predicted octanol–water partition coefficient (Wildman–Crippen LogP) is 5.83. The molecule has 3 aromatic heterocycles. The van der Waals surface area contributed by atoms with Crippen molar-refractivity contribution in [2.45, 2.75) is 102 Å². The molecule has 4 unspecified atom stereocenters. The maximum absolute atomic E-state index is 12.5. The van der Waals surface area contributed by atoms with Crippen LogP contribution in [0.25, 0.3) is 33.2 Å². The summed E-state index contributed by atoms with van der Waals surface area (Å²) >= 11 is 0. The van der Waals surface area contributed by atoms with Crippen molar-refractivity contribution in [1.29, 1.82) is 0 Å². The molecule has 0 saturated heterocycles. The Labute approximate surface area is 325 Å². The van der Waals surface area contributed by atoms with Crippen molar-refractivity contribution >= 4 is 34.0 Å². The van der Waals surface area contributed by atoms with Gasteiger partial charge in [0.25, 0.3) is 0 Å². The number of carbonyl (C=O) groups excluding carboxylic acids is 2. The Morgan fingerprint density at radius 2 is 1.30 bits per heavy atom. The van der Waals surface area contributed by atoms with E-state index in [4.69, 9.17) is 24.2 Å². The van der Waals surface area contributed by atoms with Gasteiger partial charge in [-0.05, 0) is 112 Å². The molecule has 2 aliphatic rings. The highest BCUT2D eigenvalue weighted by molar-refractivity contribution is 5.89. The number of aromatic amines is 2. The van der Waals surface area contributed by atoms with Crippen LogP contribution in [0.2, 0.25) is 0 Å². The zero-order chi connectivity index (χ0) is 41.0. The number of H-pyrrole nitrogens is 2. The van der Waals surface area contributed by atoms with Crippen LogP contribution in [0.1, 0.15) is 98.4 Å². The number of carbonyl (C=O) groups is 2. The molecule has 6 N–H and O–H groups in total. The van der Waals surface area contributed by atoms with Crippen molar-refractivity contribution in [3.05, 3.63) is 87.5 Å². The molecule has 0 fully saturated rings.